The van der Waals surface area contributed by atoms with Crippen LogP contribution in [0.3, 0.4) is 0 Å². The minimum atomic E-state index is -4.46. The maximum atomic E-state index is 12.7. The summed E-state index contributed by atoms with van der Waals surface area (Å²) in [6.07, 6.45) is -1.03. The molecular weight excluding hydrogens is 251 g/mol. The lowest BCUT2D eigenvalue weighted by atomic mass is 10.0. The van der Waals surface area contributed by atoms with E-state index in [4.69, 9.17) is 16.9 Å². The second-order valence-corrected chi connectivity index (χ2v) is 3.67. The Balaban J connectivity index is 3.17. The SMILES string of the molecule is N#Cc1ccc(C=CCCCl)c(C(F)(F)F)c1. The Morgan fingerprint density at radius 1 is 1.35 bits per heavy atom. The van der Waals surface area contributed by atoms with Crippen molar-refractivity contribution in [2.24, 2.45) is 0 Å². The van der Waals surface area contributed by atoms with Gasteiger partial charge in [0.05, 0.1) is 17.2 Å². The third kappa shape index (κ3) is 3.79. The third-order valence-corrected chi connectivity index (χ3v) is 2.28. The summed E-state index contributed by atoms with van der Waals surface area (Å²) in [5.74, 6) is 0.355. The van der Waals surface area contributed by atoms with E-state index >= 15 is 0 Å². The number of nitrogens with zero attached hydrogens (tertiary/aromatic N) is 1. The highest BCUT2D eigenvalue weighted by Crippen LogP contribution is 2.33. The Hall–Kier alpha value is -1.47. The van der Waals surface area contributed by atoms with Crippen LogP contribution in [0.2, 0.25) is 0 Å². The second-order valence-electron chi connectivity index (χ2n) is 3.29. The molecule has 1 nitrogen and oxygen atoms in total. The minimum absolute atomic E-state index is 0.00758. The van der Waals surface area contributed by atoms with Crippen molar-refractivity contribution in [3.63, 3.8) is 0 Å². The molecule has 0 aliphatic heterocycles. The van der Waals surface area contributed by atoms with Gasteiger partial charge < -0.3 is 0 Å². The van der Waals surface area contributed by atoms with Gasteiger partial charge in [0.2, 0.25) is 0 Å². The normalized spacial score (nSPS) is 11.7. The van der Waals surface area contributed by atoms with Crippen molar-refractivity contribution in [1.29, 1.82) is 5.26 Å². The summed E-state index contributed by atoms with van der Waals surface area (Å²) in [4.78, 5) is 0. The van der Waals surface area contributed by atoms with Crippen molar-refractivity contribution < 1.29 is 13.2 Å². The van der Waals surface area contributed by atoms with Gasteiger partial charge in [0.15, 0.2) is 0 Å². The van der Waals surface area contributed by atoms with Crippen LogP contribution < -0.4 is 0 Å². The minimum Gasteiger partial charge on any atom is -0.192 e. The molecule has 0 unspecified atom stereocenters. The highest BCUT2D eigenvalue weighted by Gasteiger charge is 2.32. The number of nitriles is 1. The molecule has 0 spiro atoms. The first-order chi connectivity index (χ1) is 7.99. The molecule has 0 saturated heterocycles. The predicted octanol–water partition coefficient (Wildman–Crippen LogP) is 4.22. The molecule has 0 radical (unpaired) electrons. The maximum absolute atomic E-state index is 12.7. The fraction of sp³-hybridized carbons (Fsp3) is 0.250. The largest absolute Gasteiger partial charge is 0.417 e. The van der Waals surface area contributed by atoms with Crippen molar-refractivity contribution in [2.75, 3.05) is 5.88 Å². The van der Waals surface area contributed by atoms with Gasteiger partial charge in [-0.1, -0.05) is 18.2 Å². The topological polar surface area (TPSA) is 23.8 Å². The van der Waals surface area contributed by atoms with Crippen LogP contribution in [0, 0.1) is 11.3 Å². The van der Waals surface area contributed by atoms with Crippen molar-refractivity contribution in [2.45, 2.75) is 12.6 Å². The Bertz CT molecular complexity index is 458. The van der Waals surface area contributed by atoms with Crippen LogP contribution in [0.1, 0.15) is 23.1 Å². The van der Waals surface area contributed by atoms with Gasteiger partial charge in [-0.05, 0) is 24.1 Å². The Morgan fingerprint density at radius 2 is 2.06 bits per heavy atom. The van der Waals surface area contributed by atoms with Crippen molar-refractivity contribution >= 4 is 17.7 Å². The zero-order chi connectivity index (χ0) is 12.9. The molecule has 0 bridgehead atoms. The fourth-order valence-electron chi connectivity index (χ4n) is 1.29. The van der Waals surface area contributed by atoms with E-state index in [0.29, 0.717) is 12.3 Å². The average molecular weight is 260 g/mol. The van der Waals surface area contributed by atoms with Gasteiger partial charge in [-0.25, -0.2) is 0 Å². The summed E-state index contributed by atoms with van der Waals surface area (Å²) in [6, 6.07) is 5.18. The monoisotopic (exact) mass is 259 g/mol. The number of allylic oxidation sites excluding steroid dienone is 1. The van der Waals surface area contributed by atoms with E-state index in [9.17, 15) is 13.2 Å². The van der Waals surface area contributed by atoms with Gasteiger partial charge in [-0.15, -0.1) is 11.6 Å². The molecule has 0 aliphatic carbocycles. The maximum Gasteiger partial charge on any atom is 0.417 e. The van der Waals surface area contributed by atoms with Crippen LogP contribution in [0.15, 0.2) is 24.3 Å². The molecular formula is C12H9ClF3N. The van der Waals surface area contributed by atoms with Crippen molar-refractivity contribution in [3.8, 4) is 6.07 Å². The van der Waals surface area contributed by atoms with E-state index in [2.05, 4.69) is 0 Å². The molecule has 1 aromatic carbocycles. The van der Waals surface area contributed by atoms with Crippen LogP contribution in [-0.2, 0) is 6.18 Å². The zero-order valence-electron chi connectivity index (χ0n) is 8.76. The fourth-order valence-corrected chi connectivity index (χ4v) is 1.42. The Morgan fingerprint density at radius 3 is 2.59 bits per heavy atom. The summed E-state index contributed by atoms with van der Waals surface area (Å²) < 4.78 is 38.1. The van der Waals surface area contributed by atoms with Crippen molar-refractivity contribution in [1.82, 2.24) is 0 Å². The van der Waals surface area contributed by atoms with Crippen LogP contribution in [0.4, 0.5) is 13.2 Å². The summed E-state index contributed by atoms with van der Waals surface area (Å²) in [6.45, 7) is 0. The summed E-state index contributed by atoms with van der Waals surface area (Å²) in [7, 11) is 0. The van der Waals surface area contributed by atoms with Crippen LogP contribution >= 0.6 is 11.6 Å². The van der Waals surface area contributed by atoms with E-state index in [1.165, 1.54) is 18.2 Å². The zero-order valence-corrected chi connectivity index (χ0v) is 9.52. The van der Waals surface area contributed by atoms with E-state index in [1.807, 2.05) is 0 Å². The Labute approximate surface area is 102 Å². The van der Waals surface area contributed by atoms with Gasteiger partial charge in [0.25, 0.3) is 0 Å². The molecule has 0 atom stereocenters. The van der Waals surface area contributed by atoms with Crippen LogP contribution in [-0.4, -0.2) is 5.88 Å². The molecule has 0 N–H and O–H groups in total. The quantitative estimate of drug-likeness (QED) is 0.746. The molecule has 0 aromatic heterocycles. The molecule has 17 heavy (non-hydrogen) atoms. The van der Waals surface area contributed by atoms with Gasteiger partial charge in [-0.3, -0.25) is 0 Å². The Kier molecular flexibility index (Phi) is 4.59. The van der Waals surface area contributed by atoms with E-state index in [0.717, 1.165) is 6.07 Å². The number of hydrogen-bond acceptors (Lipinski definition) is 1. The highest BCUT2D eigenvalue weighted by molar-refractivity contribution is 6.17. The third-order valence-electron chi connectivity index (χ3n) is 2.06. The smallest absolute Gasteiger partial charge is 0.192 e. The lowest BCUT2D eigenvalue weighted by Crippen LogP contribution is -2.07. The highest BCUT2D eigenvalue weighted by atomic mass is 35.5. The first-order valence-electron chi connectivity index (χ1n) is 4.83. The van der Waals surface area contributed by atoms with Crippen molar-refractivity contribution in [3.05, 3.63) is 41.0 Å². The van der Waals surface area contributed by atoms with E-state index in [-0.39, 0.29) is 11.1 Å². The molecule has 5 heteroatoms. The number of hydrogen-bond donors (Lipinski definition) is 0. The second kappa shape index (κ2) is 5.74. The van der Waals surface area contributed by atoms with Gasteiger partial charge in [0.1, 0.15) is 0 Å². The van der Waals surface area contributed by atoms with Crippen LogP contribution in [0.25, 0.3) is 6.08 Å². The molecule has 1 rings (SSSR count). The molecule has 0 aliphatic rings. The average Bonchev–Trinajstić information content (AvgIpc) is 2.28. The van der Waals surface area contributed by atoms with E-state index in [1.54, 1.807) is 12.1 Å². The standard InChI is InChI=1S/C12H9ClF3N/c13-6-2-1-3-10-5-4-9(8-17)7-11(10)12(14,15)16/h1,3-5,7H,2,6H2. The molecule has 90 valence electrons. The lowest BCUT2D eigenvalue weighted by molar-refractivity contribution is -0.137. The van der Waals surface area contributed by atoms with E-state index < -0.39 is 11.7 Å². The summed E-state index contributed by atoms with van der Waals surface area (Å²) >= 11 is 5.43. The number of benzene rings is 1. The summed E-state index contributed by atoms with van der Waals surface area (Å²) in [5, 5.41) is 8.58. The van der Waals surface area contributed by atoms with Crippen LogP contribution in [0.5, 0.6) is 0 Å². The molecule has 0 heterocycles. The molecule has 0 saturated carbocycles. The first-order valence-corrected chi connectivity index (χ1v) is 5.36. The molecule has 1 aromatic rings. The first kappa shape index (κ1) is 13.6. The molecule has 0 amide bonds. The molecule has 0 fully saturated rings. The lowest BCUT2D eigenvalue weighted by Gasteiger charge is -2.10. The number of halogens is 4. The van der Waals surface area contributed by atoms with Gasteiger partial charge >= 0.3 is 6.18 Å². The number of alkyl halides is 4. The summed E-state index contributed by atoms with van der Waals surface area (Å²) in [5.41, 5.74) is -0.768. The van der Waals surface area contributed by atoms with Gasteiger partial charge in [0, 0.05) is 5.88 Å². The number of rotatable bonds is 3. The predicted molar refractivity (Wildman–Crippen MR) is 60.5 cm³/mol. The van der Waals surface area contributed by atoms with Gasteiger partial charge in [-0.2, -0.15) is 18.4 Å².